The first-order valence-electron chi connectivity index (χ1n) is 6.82. The highest BCUT2D eigenvalue weighted by Crippen LogP contribution is 2.43. The van der Waals surface area contributed by atoms with Crippen molar-refractivity contribution >= 4 is 33.3 Å². The quantitative estimate of drug-likeness (QED) is 0.842. The fourth-order valence-electron chi connectivity index (χ4n) is 2.46. The number of aromatic nitrogens is 2. The van der Waals surface area contributed by atoms with Crippen molar-refractivity contribution in [2.24, 2.45) is 0 Å². The van der Waals surface area contributed by atoms with Gasteiger partial charge in [0.25, 0.3) is 0 Å². The fourth-order valence-corrected chi connectivity index (χ4v) is 3.07. The first-order chi connectivity index (χ1) is 9.49. The number of imidazole rings is 1. The number of anilines is 1. The van der Waals surface area contributed by atoms with Crippen molar-refractivity contribution < 1.29 is 0 Å². The maximum Gasteiger partial charge on any atom is 0.132 e. The lowest BCUT2D eigenvalue weighted by molar-refractivity contribution is 0.646. The second-order valence-corrected chi connectivity index (χ2v) is 6.87. The maximum absolute atomic E-state index is 6.37. The molecular formula is C15H17BrClN3. The van der Waals surface area contributed by atoms with Crippen LogP contribution in [0.5, 0.6) is 0 Å². The summed E-state index contributed by atoms with van der Waals surface area (Å²) in [5.41, 5.74) is 8.15. The highest BCUT2D eigenvalue weighted by atomic mass is 79.9. The first-order valence-corrected chi connectivity index (χ1v) is 7.99. The SMILES string of the molecule is CC(C)c1nc(-c2cc(Cl)ccc2Br)c(N)n1C1CC1. The number of nitrogens with zero attached hydrogens (tertiary/aromatic N) is 2. The molecule has 1 fully saturated rings. The molecule has 0 aliphatic heterocycles. The molecule has 2 aromatic rings. The minimum absolute atomic E-state index is 0.351. The van der Waals surface area contributed by atoms with Crippen LogP contribution < -0.4 is 5.73 Å². The molecule has 0 atom stereocenters. The molecule has 20 heavy (non-hydrogen) atoms. The molecule has 106 valence electrons. The zero-order valence-electron chi connectivity index (χ0n) is 11.5. The lowest BCUT2D eigenvalue weighted by Crippen LogP contribution is -2.06. The second kappa shape index (κ2) is 5.08. The molecule has 0 bridgehead atoms. The zero-order valence-corrected chi connectivity index (χ0v) is 13.9. The third-order valence-electron chi connectivity index (χ3n) is 3.59. The van der Waals surface area contributed by atoms with Gasteiger partial charge in [0.15, 0.2) is 0 Å². The molecule has 5 heteroatoms. The molecule has 1 aliphatic rings. The van der Waals surface area contributed by atoms with Crippen LogP contribution in [0.4, 0.5) is 5.82 Å². The van der Waals surface area contributed by atoms with Gasteiger partial charge in [-0.1, -0.05) is 41.4 Å². The Morgan fingerprint density at radius 3 is 2.70 bits per heavy atom. The van der Waals surface area contributed by atoms with Gasteiger partial charge in [0.1, 0.15) is 17.3 Å². The number of nitrogen functional groups attached to an aromatic ring is 1. The summed E-state index contributed by atoms with van der Waals surface area (Å²) in [5, 5.41) is 0.690. The summed E-state index contributed by atoms with van der Waals surface area (Å²) in [7, 11) is 0. The Kier molecular flexibility index (Phi) is 3.55. The van der Waals surface area contributed by atoms with Gasteiger partial charge >= 0.3 is 0 Å². The van der Waals surface area contributed by atoms with Crippen LogP contribution in [-0.4, -0.2) is 9.55 Å². The lowest BCUT2D eigenvalue weighted by atomic mass is 10.1. The predicted molar refractivity (Wildman–Crippen MR) is 87.1 cm³/mol. The molecule has 3 nitrogen and oxygen atoms in total. The van der Waals surface area contributed by atoms with E-state index in [0.717, 1.165) is 27.4 Å². The number of hydrogen-bond donors (Lipinski definition) is 1. The van der Waals surface area contributed by atoms with Crippen molar-refractivity contribution in [1.82, 2.24) is 9.55 Å². The standard InChI is InChI=1S/C15H17BrClN3/c1-8(2)15-19-13(14(18)20(15)10-4-5-10)11-7-9(17)3-6-12(11)16/h3,6-8,10H,4-5,18H2,1-2H3. The van der Waals surface area contributed by atoms with E-state index >= 15 is 0 Å². The number of rotatable bonds is 3. The topological polar surface area (TPSA) is 43.8 Å². The van der Waals surface area contributed by atoms with E-state index in [0.29, 0.717) is 17.0 Å². The Labute approximate surface area is 132 Å². The molecule has 0 unspecified atom stereocenters. The highest BCUT2D eigenvalue weighted by molar-refractivity contribution is 9.10. The molecule has 0 saturated heterocycles. The molecule has 0 spiro atoms. The van der Waals surface area contributed by atoms with Crippen LogP contribution in [0.1, 0.15) is 44.5 Å². The Balaban J connectivity index is 2.19. The van der Waals surface area contributed by atoms with Gasteiger partial charge in [-0.3, -0.25) is 0 Å². The van der Waals surface area contributed by atoms with E-state index in [1.165, 1.54) is 12.8 Å². The molecule has 2 N–H and O–H groups in total. The van der Waals surface area contributed by atoms with Crippen molar-refractivity contribution in [2.45, 2.75) is 38.6 Å². The smallest absolute Gasteiger partial charge is 0.132 e. The van der Waals surface area contributed by atoms with E-state index in [2.05, 4.69) is 34.3 Å². The van der Waals surface area contributed by atoms with Crippen molar-refractivity contribution in [1.29, 1.82) is 0 Å². The van der Waals surface area contributed by atoms with Gasteiger partial charge in [-0.15, -0.1) is 0 Å². The van der Waals surface area contributed by atoms with E-state index in [-0.39, 0.29) is 0 Å². The Morgan fingerprint density at radius 1 is 1.40 bits per heavy atom. The van der Waals surface area contributed by atoms with Crippen LogP contribution in [-0.2, 0) is 0 Å². The largest absolute Gasteiger partial charge is 0.383 e. The summed E-state index contributed by atoms with van der Waals surface area (Å²) in [6, 6.07) is 6.21. The minimum Gasteiger partial charge on any atom is -0.383 e. The number of hydrogen-bond acceptors (Lipinski definition) is 2. The van der Waals surface area contributed by atoms with E-state index < -0.39 is 0 Å². The van der Waals surface area contributed by atoms with Gasteiger partial charge in [0.05, 0.1) is 0 Å². The number of benzene rings is 1. The average molecular weight is 355 g/mol. The summed E-state index contributed by atoms with van der Waals surface area (Å²) in [6.07, 6.45) is 2.38. The zero-order chi connectivity index (χ0) is 14.4. The molecule has 1 saturated carbocycles. The van der Waals surface area contributed by atoms with Crippen molar-refractivity contribution in [3.63, 3.8) is 0 Å². The minimum atomic E-state index is 0.351. The Hall–Kier alpha value is -1.00. The van der Waals surface area contributed by atoms with E-state index in [9.17, 15) is 0 Å². The van der Waals surface area contributed by atoms with E-state index in [1.807, 2.05) is 18.2 Å². The predicted octanol–water partition coefficient (Wildman–Crippen LogP) is 5.01. The van der Waals surface area contributed by atoms with Crippen LogP contribution >= 0.6 is 27.5 Å². The Bertz CT molecular complexity index is 659. The highest BCUT2D eigenvalue weighted by Gasteiger charge is 2.31. The molecule has 3 rings (SSSR count). The molecule has 1 aromatic carbocycles. The van der Waals surface area contributed by atoms with Gasteiger partial charge < -0.3 is 10.3 Å². The monoisotopic (exact) mass is 353 g/mol. The van der Waals surface area contributed by atoms with E-state index in [4.69, 9.17) is 22.3 Å². The second-order valence-electron chi connectivity index (χ2n) is 5.58. The molecular weight excluding hydrogens is 338 g/mol. The number of halogens is 2. The van der Waals surface area contributed by atoms with Crippen molar-refractivity contribution in [3.8, 4) is 11.3 Å². The summed E-state index contributed by atoms with van der Waals surface area (Å²) >= 11 is 9.67. The molecule has 0 radical (unpaired) electrons. The van der Waals surface area contributed by atoms with Crippen LogP contribution in [0, 0.1) is 0 Å². The third kappa shape index (κ3) is 2.35. The van der Waals surface area contributed by atoms with Crippen LogP contribution in [0.3, 0.4) is 0 Å². The summed E-state index contributed by atoms with van der Waals surface area (Å²) < 4.78 is 3.16. The van der Waals surface area contributed by atoms with Gasteiger partial charge in [-0.2, -0.15) is 0 Å². The van der Waals surface area contributed by atoms with Crippen LogP contribution in [0.25, 0.3) is 11.3 Å². The van der Waals surface area contributed by atoms with Gasteiger partial charge in [-0.05, 0) is 31.0 Å². The fraction of sp³-hybridized carbons (Fsp3) is 0.400. The summed E-state index contributed by atoms with van der Waals surface area (Å²) in [6.45, 7) is 4.30. The van der Waals surface area contributed by atoms with Crippen LogP contribution in [0.15, 0.2) is 22.7 Å². The third-order valence-corrected chi connectivity index (χ3v) is 4.51. The van der Waals surface area contributed by atoms with Gasteiger partial charge in [-0.25, -0.2) is 4.98 Å². The average Bonchev–Trinajstić information content (AvgIpc) is 3.16. The summed E-state index contributed by atoms with van der Waals surface area (Å²) in [5.74, 6) is 2.16. The van der Waals surface area contributed by atoms with Gasteiger partial charge in [0.2, 0.25) is 0 Å². The number of nitrogens with two attached hydrogens (primary N) is 1. The first kappa shape index (κ1) is 14.0. The lowest BCUT2D eigenvalue weighted by Gasteiger charge is -2.10. The van der Waals surface area contributed by atoms with Crippen molar-refractivity contribution in [3.05, 3.63) is 33.5 Å². The Morgan fingerprint density at radius 2 is 2.10 bits per heavy atom. The normalized spacial score (nSPS) is 15.1. The molecule has 1 aromatic heterocycles. The molecule has 1 heterocycles. The molecule has 0 amide bonds. The van der Waals surface area contributed by atoms with E-state index in [1.54, 1.807) is 0 Å². The summed E-state index contributed by atoms with van der Waals surface area (Å²) in [4.78, 5) is 4.79. The van der Waals surface area contributed by atoms with Crippen molar-refractivity contribution in [2.75, 3.05) is 5.73 Å². The molecule has 1 aliphatic carbocycles. The van der Waals surface area contributed by atoms with Crippen LogP contribution in [0.2, 0.25) is 5.02 Å². The maximum atomic E-state index is 6.37. The van der Waals surface area contributed by atoms with Gasteiger partial charge in [0, 0.05) is 27.0 Å².